The molecule has 0 aliphatic rings. The summed E-state index contributed by atoms with van der Waals surface area (Å²) in [5.74, 6) is 0.131. The second kappa shape index (κ2) is 9.62. The summed E-state index contributed by atoms with van der Waals surface area (Å²) in [5.41, 5.74) is 3.84. The minimum absolute atomic E-state index is 0.131. The summed E-state index contributed by atoms with van der Waals surface area (Å²) >= 11 is 1.22. The normalized spacial score (nSPS) is 10.2. The Morgan fingerprint density at radius 2 is 1.92 bits per heavy atom. The monoisotopic (exact) mass is 377 g/mol. The van der Waals surface area contributed by atoms with Crippen molar-refractivity contribution in [1.82, 2.24) is 21.0 Å². The highest BCUT2D eigenvalue weighted by molar-refractivity contribution is 7.14. The smallest absolute Gasteiger partial charge is 0.343 e. The van der Waals surface area contributed by atoms with Gasteiger partial charge >= 0.3 is 12.1 Å². The van der Waals surface area contributed by atoms with Crippen LogP contribution in [0.15, 0.2) is 29.6 Å². The molecule has 0 aliphatic carbocycles. The van der Waals surface area contributed by atoms with E-state index in [9.17, 15) is 14.7 Å². The minimum Gasteiger partial charge on any atom is -0.508 e. The van der Waals surface area contributed by atoms with Gasteiger partial charge in [-0.3, -0.25) is 0 Å². The molecule has 2 rings (SSSR count). The van der Waals surface area contributed by atoms with Crippen molar-refractivity contribution in [3.8, 4) is 17.0 Å². The van der Waals surface area contributed by atoms with E-state index >= 15 is 0 Å². The number of nitrogens with zero attached hydrogens (tertiary/aromatic N) is 2. The molecule has 1 aromatic carbocycles. The Morgan fingerprint density at radius 1 is 1.19 bits per heavy atom. The van der Waals surface area contributed by atoms with Crippen molar-refractivity contribution in [2.24, 2.45) is 0 Å². The molecule has 2 aromatic rings. The van der Waals surface area contributed by atoms with Gasteiger partial charge < -0.3 is 15.7 Å². The van der Waals surface area contributed by atoms with Crippen LogP contribution in [0.5, 0.6) is 5.75 Å². The van der Waals surface area contributed by atoms with Crippen LogP contribution in [0.2, 0.25) is 0 Å². The predicted octanol–water partition coefficient (Wildman–Crippen LogP) is 3.07. The lowest BCUT2D eigenvalue weighted by Crippen LogP contribution is -2.54. The van der Waals surface area contributed by atoms with E-state index in [4.69, 9.17) is 0 Å². The number of urea groups is 2. The lowest BCUT2D eigenvalue weighted by atomic mass is 10.2. The second-order valence-electron chi connectivity index (χ2n) is 5.50. The molecule has 4 amide bonds. The zero-order valence-corrected chi connectivity index (χ0v) is 15.6. The van der Waals surface area contributed by atoms with Crippen LogP contribution in [0.1, 0.15) is 26.7 Å². The summed E-state index contributed by atoms with van der Waals surface area (Å²) in [6.07, 6.45) is 1.56. The Balaban J connectivity index is 2.21. The number of hydrogen-bond acceptors (Lipinski definition) is 5. The van der Waals surface area contributed by atoms with Crippen molar-refractivity contribution in [3.63, 3.8) is 0 Å². The van der Waals surface area contributed by atoms with E-state index in [2.05, 4.69) is 21.0 Å². The SMILES string of the molecule is CCCNC(=O)NN(C(=O)NCCC)c1nc(-c2cccc(O)c2)cs1. The number of benzene rings is 1. The third-order valence-corrected chi connectivity index (χ3v) is 4.13. The molecule has 0 fully saturated rings. The molecule has 8 nitrogen and oxygen atoms in total. The number of amides is 4. The number of hydrazine groups is 1. The second-order valence-corrected chi connectivity index (χ2v) is 6.34. The summed E-state index contributed by atoms with van der Waals surface area (Å²) < 4.78 is 0. The molecule has 1 heterocycles. The number of aromatic nitrogens is 1. The first kappa shape index (κ1) is 19.5. The van der Waals surface area contributed by atoms with Crippen molar-refractivity contribution in [3.05, 3.63) is 29.6 Å². The van der Waals surface area contributed by atoms with Crippen molar-refractivity contribution in [2.45, 2.75) is 26.7 Å². The molecule has 0 radical (unpaired) electrons. The fourth-order valence-electron chi connectivity index (χ4n) is 2.04. The van der Waals surface area contributed by atoms with E-state index in [-0.39, 0.29) is 5.75 Å². The Labute approximate surface area is 156 Å². The maximum absolute atomic E-state index is 12.4. The molecule has 140 valence electrons. The van der Waals surface area contributed by atoms with Crippen LogP contribution in [0.3, 0.4) is 0 Å². The highest BCUT2D eigenvalue weighted by Crippen LogP contribution is 2.28. The van der Waals surface area contributed by atoms with Gasteiger partial charge in [0.15, 0.2) is 0 Å². The lowest BCUT2D eigenvalue weighted by molar-refractivity contribution is 0.231. The number of hydrogen-bond donors (Lipinski definition) is 4. The van der Waals surface area contributed by atoms with Gasteiger partial charge in [0.1, 0.15) is 5.75 Å². The average molecular weight is 377 g/mol. The van der Waals surface area contributed by atoms with E-state index in [1.807, 2.05) is 13.8 Å². The average Bonchev–Trinajstić information content (AvgIpc) is 3.12. The van der Waals surface area contributed by atoms with Crippen molar-refractivity contribution < 1.29 is 14.7 Å². The third kappa shape index (κ3) is 5.35. The molecule has 4 N–H and O–H groups in total. The fourth-order valence-corrected chi connectivity index (χ4v) is 2.83. The van der Waals surface area contributed by atoms with Crippen LogP contribution in [-0.4, -0.2) is 35.2 Å². The van der Waals surface area contributed by atoms with Gasteiger partial charge in [-0.05, 0) is 25.0 Å². The van der Waals surface area contributed by atoms with E-state index < -0.39 is 12.1 Å². The molecule has 0 spiro atoms. The molecule has 0 atom stereocenters. The number of aromatic hydroxyl groups is 1. The van der Waals surface area contributed by atoms with Gasteiger partial charge in [-0.2, -0.15) is 5.01 Å². The molecule has 0 saturated carbocycles. The molecule has 26 heavy (non-hydrogen) atoms. The maximum atomic E-state index is 12.4. The molecular formula is C17H23N5O3S. The number of anilines is 1. The van der Waals surface area contributed by atoms with E-state index in [0.29, 0.717) is 23.9 Å². The number of carbonyl (C=O) groups is 2. The van der Waals surface area contributed by atoms with Gasteiger partial charge in [0.05, 0.1) is 5.69 Å². The zero-order valence-electron chi connectivity index (χ0n) is 14.8. The first-order valence-electron chi connectivity index (χ1n) is 8.42. The number of phenols is 1. The maximum Gasteiger partial charge on any atom is 0.343 e. The quantitative estimate of drug-likeness (QED) is 0.580. The molecule has 0 unspecified atom stereocenters. The van der Waals surface area contributed by atoms with Gasteiger partial charge in [-0.25, -0.2) is 20.0 Å². The number of rotatable bonds is 6. The molecular weight excluding hydrogens is 354 g/mol. The van der Waals surface area contributed by atoms with Gasteiger partial charge in [-0.1, -0.05) is 26.0 Å². The van der Waals surface area contributed by atoms with E-state index in [1.54, 1.807) is 29.6 Å². The van der Waals surface area contributed by atoms with Gasteiger partial charge in [-0.15, -0.1) is 11.3 Å². The predicted molar refractivity (Wildman–Crippen MR) is 102 cm³/mol. The van der Waals surface area contributed by atoms with Crippen LogP contribution < -0.4 is 21.1 Å². The number of nitrogens with one attached hydrogen (secondary N) is 3. The number of carbonyl (C=O) groups excluding carboxylic acids is 2. The largest absolute Gasteiger partial charge is 0.508 e. The Bertz CT molecular complexity index is 750. The minimum atomic E-state index is -0.479. The Kier molecular flexibility index (Phi) is 7.22. The van der Waals surface area contributed by atoms with Crippen LogP contribution >= 0.6 is 11.3 Å². The molecule has 0 aliphatic heterocycles. The highest BCUT2D eigenvalue weighted by Gasteiger charge is 2.21. The molecule has 0 bridgehead atoms. The fraction of sp³-hybridized carbons (Fsp3) is 0.353. The summed E-state index contributed by atoms with van der Waals surface area (Å²) in [6, 6.07) is 5.73. The van der Waals surface area contributed by atoms with E-state index in [0.717, 1.165) is 23.4 Å². The highest BCUT2D eigenvalue weighted by atomic mass is 32.1. The van der Waals surface area contributed by atoms with Crippen molar-refractivity contribution in [1.29, 1.82) is 0 Å². The van der Waals surface area contributed by atoms with Crippen LogP contribution in [-0.2, 0) is 0 Å². The first-order valence-corrected chi connectivity index (χ1v) is 9.30. The lowest BCUT2D eigenvalue weighted by Gasteiger charge is -2.21. The number of phenolic OH excluding ortho intramolecular Hbond substituents is 1. The van der Waals surface area contributed by atoms with Crippen LogP contribution in [0.25, 0.3) is 11.3 Å². The van der Waals surface area contributed by atoms with Gasteiger partial charge in [0.2, 0.25) is 5.13 Å². The van der Waals surface area contributed by atoms with Crippen LogP contribution in [0, 0.1) is 0 Å². The Hall–Kier alpha value is -2.81. The molecule has 9 heteroatoms. The van der Waals surface area contributed by atoms with E-state index in [1.165, 1.54) is 11.3 Å². The standard InChI is InChI=1S/C17H23N5O3S/c1-3-8-18-15(24)21-22(16(25)19-9-4-2)17-20-14(11-26-17)12-6-5-7-13(23)10-12/h5-7,10-11,23H,3-4,8-9H2,1-2H3,(H,19,25)(H2,18,21,24). The summed E-state index contributed by atoms with van der Waals surface area (Å²) in [4.78, 5) is 28.8. The molecule has 0 saturated heterocycles. The van der Waals surface area contributed by atoms with Crippen LogP contribution in [0.4, 0.5) is 14.7 Å². The van der Waals surface area contributed by atoms with Crippen molar-refractivity contribution >= 4 is 28.5 Å². The Morgan fingerprint density at radius 3 is 2.62 bits per heavy atom. The summed E-state index contributed by atoms with van der Waals surface area (Å²) in [7, 11) is 0. The zero-order chi connectivity index (χ0) is 18.9. The first-order chi connectivity index (χ1) is 12.5. The number of thiazole rings is 1. The third-order valence-electron chi connectivity index (χ3n) is 3.30. The van der Waals surface area contributed by atoms with Gasteiger partial charge in [0.25, 0.3) is 0 Å². The van der Waals surface area contributed by atoms with Crippen molar-refractivity contribution in [2.75, 3.05) is 18.1 Å². The topological polar surface area (TPSA) is 107 Å². The summed E-state index contributed by atoms with van der Waals surface area (Å²) in [5, 5.41) is 18.2. The molecule has 1 aromatic heterocycles. The summed E-state index contributed by atoms with van der Waals surface area (Å²) in [6.45, 7) is 4.87. The van der Waals surface area contributed by atoms with Gasteiger partial charge in [0, 0.05) is 24.0 Å².